The molecule has 0 bridgehead atoms. The van der Waals surface area contributed by atoms with Crippen molar-refractivity contribution >= 4 is 59.7 Å². The van der Waals surface area contributed by atoms with E-state index in [1.807, 2.05) is 30.3 Å². The van der Waals surface area contributed by atoms with Crippen LogP contribution in [0.5, 0.6) is 5.75 Å². The summed E-state index contributed by atoms with van der Waals surface area (Å²) >= 11 is 2.70. The van der Waals surface area contributed by atoms with Gasteiger partial charge in [-0.25, -0.2) is 4.98 Å². The fraction of sp³-hybridized carbons (Fsp3) is 0.0870. The number of nitro groups is 1. The van der Waals surface area contributed by atoms with Crippen molar-refractivity contribution in [3.05, 3.63) is 87.5 Å². The molecule has 0 unspecified atom stereocenters. The molecule has 8 nitrogen and oxygen atoms in total. The number of nitrogens with zero attached hydrogens (tertiary/aromatic N) is 4. The van der Waals surface area contributed by atoms with Gasteiger partial charge in [0.25, 0.3) is 11.6 Å². The summed E-state index contributed by atoms with van der Waals surface area (Å²) in [6, 6.07) is 15.7. The number of hydrogen-bond acceptors (Lipinski definition) is 8. The lowest BCUT2D eigenvalue weighted by Crippen LogP contribution is -2.29. The molecule has 0 aliphatic rings. The highest BCUT2D eigenvalue weighted by molar-refractivity contribution is 7.23. The Bertz CT molecular complexity index is 1500. The molecule has 5 aromatic rings. The van der Waals surface area contributed by atoms with Gasteiger partial charge >= 0.3 is 0 Å². The monoisotopic (exact) mass is 476 g/mol. The fourth-order valence-electron chi connectivity index (χ4n) is 3.47. The summed E-state index contributed by atoms with van der Waals surface area (Å²) < 4.78 is 7.14. The number of aromatic nitrogens is 2. The predicted octanol–water partition coefficient (Wildman–Crippen LogP) is 5.67. The normalized spacial score (nSPS) is 11.1. The van der Waals surface area contributed by atoms with Gasteiger partial charge in [-0.05, 0) is 35.9 Å². The van der Waals surface area contributed by atoms with Crippen LogP contribution in [0.4, 0.5) is 10.8 Å². The molecule has 0 saturated carbocycles. The van der Waals surface area contributed by atoms with Gasteiger partial charge in [0.2, 0.25) is 0 Å². The zero-order chi connectivity index (χ0) is 22.9. The van der Waals surface area contributed by atoms with Gasteiger partial charge in [0.15, 0.2) is 5.13 Å². The molecule has 1 amide bonds. The highest BCUT2D eigenvalue weighted by atomic mass is 32.1. The van der Waals surface area contributed by atoms with E-state index in [4.69, 9.17) is 9.72 Å². The minimum Gasteiger partial charge on any atom is -0.494 e. The van der Waals surface area contributed by atoms with Crippen molar-refractivity contribution in [1.29, 1.82) is 0 Å². The maximum absolute atomic E-state index is 13.7. The Morgan fingerprint density at radius 1 is 1.12 bits per heavy atom. The van der Waals surface area contributed by atoms with Crippen molar-refractivity contribution < 1.29 is 14.5 Å². The Kier molecular flexibility index (Phi) is 5.45. The van der Waals surface area contributed by atoms with Gasteiger partial charge in [0.1, 0.15) is 11.3 Å². The third kappa shape index (κ3) is 4.01. The zero-order valence-corrected chi connectivity index (χ0v) is 18.9. The number of non-ortho nitro benzene ring substituents is 1. The van der Waals surface area contributed by atoms with E-state index in [1.165, 1.54) is 34.8 Å². The van der Waals surface area contributed by atoms with Crippen molar-refractivity contribution in [2.75, 3.05) is 12.0 Å². The molecule has 0 aliphatic carbocycles. The summed E-state index contributed by atoms with van der Waals surface area (Å²) in [6.45, 7) is 0.281. The Morgan fingerprint density at radius 2 is 2.00 bits per heavy atom. The highest BCUT2D eigenvalue weighted by Gasteiger charge is 2.25. The summed E-state index contributed by atoms with van der Waals surface area (Å²) in [5.41, 5.74) is 1.54. The van der Waals surface area contributed by atoms with Gasteiger partial charge in [0, 0.05) is 34.6 Å². The number of thiazole rings is 1. The quantitative estimate of drug-likeness (QED) is 0.231. The van der Waals surface area contributed by atoms with Gasteiger partial charge < -0.3 is 4.74 Å². The van der Waals surface area contributed by atoms with E-state index in [0.717, 1.165) is 15.0 Å². The standard InChI is InChI=1S/C23H16N4O4S2/c1-31-17-5-2-6-19-21(17)25-23(33-19)26(13-14-4-3-9-24-12-14)22(28)20-11-15-10-16(27(29)30)7-8-18(15)32-20/h2-12H,13H2,1H3. The molecule has 3 heterocycles. The molecule has 0 aliphatic heterocycles. The number of pyridine rings is 1. The lowest BCUT2D eigenvalue weighted by molar-refractivity contribution is -0.384. The molecule has 33 heavy (non-hydrogen) atoms. The van der Waals surface area contributed by atoms with Crippen molar-refractivity contribution in [1.82, 2.24) is 9.97 Å². The number of hydrogen-bond donors (Lipinski definition) is 0. The molecule has 0 spiro atoms. The fourth-order valence-corrected chi connectivity index (χ4v) is 5.45. The minimum absolute atomic E-state index is 0.00946. The van der Waals surface area contributed by atoms with E-state index in [-0.39, 0.29) is 18.1 Å². The molecule has 0 atom stereocenters. The second-order valence-electron chi connectivity index (χ2n) is 7.15. The van der Waals surface area contributed by atoms with Crippen molar-refractivity contribution in [3.8, 4) is 5.75 Å². The maximum Gasteiger partial charge on any atom is 0.270 e. The van der Waals surface area contributed by atoms with Gasteiger partial charge in [-0.2, -0.15) is 0 Å². The SMILES string of the molecule is COc1cccc2sc(N(Cc3cccnc3)C(=O)c3cc4cc([N+](=O)[O-])ccc4s3)nc12. The van der Waals surface area contributed by atoms with Crippen LogP contribution in [0, 0.1) is 10.1 Å². The Labute approximate surface area is 195 Å². The van der Waals surface area contributed by atoms with Gasteiger partial charge in [-0.15, -0.1) is 11.3 Å². The van der Waals surface area contributed by atoms with Gasteiger partial charge in [0.05, 0.1) is 28.2 Å². The molecule has 0 saturated heterocycles. The minimum atomic E-state index is -0.443. The summed E-state index contributed by atoms with van der Waals surface area (Å²) in [5.74, 6) is 0.402. The number of fused-ring (bicyclic) bond motifs is 2. The molecule has 10 heteroatoms. The number of carbonyl (C=O) groups is 1. The number of anilines is 1. The number of carbonyl (C=O) groups excluding carboxylic acids is 1. The molecular formula is C23H16N4O4S2. The molecule has 3 aromatic heterocycles. The van der Waals surface area contributed by atoms with Crippen LogP contribution in [-0.2, 0) is 6.54 Å². The Balaban J connectivity index is 1.59. The average molecular weight is 477 g/mol. The van der Waals surface area contributed by atoms with E-state index in [0.29, 0.717) is 26.7 Å². The van der Waals surface area contributed by atoms with Crippen LogP contribution in [0.25, 0.3) is 20.3 Å². The zero-order valence-electron chi connectivity index (χ0n) is 17.3. The molecular weight excluding hydrogens is 460 g/mol. The number of nitro benzene ring substituents is 1. The Morgan fingerprint density at radius 3 is 2.76 bits per heavy atom. The number of benzene rings is 2. The molecule has 2 aromatic carbocycles. The van der Waals surface area contributed by atoms with Crippen molar-refractivity contribution in [3.63, 3.8) is 0 Å². The third-order valence-corrected chi connectivity index (χ3v) is 7.20. The van der Waals surface area contributed by atoms with E-state index in [1.54, 1.807) is 36.5 Å². The summed E-state index contributed by atoms with van der Waals surface area (Å²) in [4.78, 5) is 35.3. The second-order valence-corrected chi connectivity index (χ2v) is 9.24. The van der Waals surface area contributed by atoms with Crippen LogP contribution in [0.1, 0.15) is 15.2 Å². The summed E-state index contributed by atoms with van der Waals surface area (Å²) in [6.07, 6.45) is 3.39. The predicted molar refractivity (Wildman–Crippen MR) is 129 cm³/mol. The maximum atomic E-state index is 13.7. The first-order valence-electron chi connectivity index (χ1n) is 9.86. The van der Waals surface area contributed by atoms with Crippen LogP contribution in [0.2, 0.25) is 0 Å². The molecule has 0 fully saturated rings. The van der Waals surface area contributed by atoms with Crippen LogP contribution < -0.4 is 9.64 Å². The van der Waals surface area contributed by atoms with Gasteiger partial charge in [-0.3, -0.25) is 24.8 Å². The van der Waals surface area contributed by atoms with E-state index < -0.39 is 4.92 Å². The van der Waals surface area contributed by atoms with Crippen LogP contribution in [-0.4, -0.2) is 27.9 Å². The number of para-hydroxylation sites is 1. The Hall–Kier alpha value is -3.89. The van der Waals surface area contributed by atoms with Crippen LogP contribution in [0.15, 0.2) is 67.0 Å². The number of rotatable bonds is 6. The topological polar surface area (TPSA) is 98.5 Å². The summed E-state index contributed by atoms with van der Waals surface area (Å²) in [7, 11) is 1.59. The number of ether oxygens (including phenoxy) is 1. The lowest BCUT2D eigenvalue weighted by Gasteiger charge is -2.19. The molecule has 164 valence electrons. The molecule has 0 N–H and O–H groups in total. The van der Waals surface area contributed by atoms with E-state index >= 15 is 0 Å². The second kappa shape index (κ2) is 8.57. The number of amides is 1. The number of thiophene rings is 1. The molecule has 5 rings (SSSR count). The van der Waals surface area contributed by atoms with Gasteiger partial charge in [-0.1, -0.05) is 23.5 Å². The molecule has 0 radical (unpaired) electrons. The lowest BCUT2D eigenvalue weighted by atomic mass is 10.2. The first-order chi connectivity index (χ1) is 16.0. The van der Waals surface area contributed by atoms with Crippen LogP contribution in [0.3, 0.4) is 0 Å². The third-order valence-electron chi connectivity index (χ3n) is 5.05. The van der Waals surface area contributed by atoms with Crippen molar-refractivity contribution in [2.45, 2.75) is 6.54 Å². The van der Waals surface area contributed by atoms with Crippen LogP contribution >= 0.6 is 22.7 Å². The smallest absolute Gasteiger partial charge is 0.270 e. The first-order valence-corrected chi connectivity index (χ1v) is 11.5. The largest absolute Gasteiger partial charge is 0.494 e. The highest BCUT2D eigenvalue weighted by Crippen LogP contribution is 2.36. The van der Waals surface area contributed by atoms with E-state index in [9.17, 15) is 14.9 Å². The van der Waals surface area contributed by atoms with Crippen molar-refractivity contribution in [2.24, 2.45) is 0 Å². The summed E-state index contributed by atoms with van der Waals surface area (Å²) in [5, 5.41) is 12.3. The first kappa shape index (κ1) is 21.0. The number of methoxy groups -OCH3 is 1. The van der Waals surface area contributed by atoms with E-state index in [2.05, 4.69) is 4.98 Å². The average Bonchev–Trinajstić information content (AvgIpc) is 3.46.